The molecule has 2 rings (SSSR count). The molecule has 2 aromatic heterocycles. The van der Waals surface area contributed by atoms with Crippen molar-refractivity contribution < 1.29 is 9.53 Å². The van der Waals surface area contributed by atoms with Crippen molar-refractivity contribution in [2.24, 2.45) is 5.73 Å². The number of amides is 1. The Balaban J connectivity index is 2.12. The van der Waals surface area contributed by atoms with Crippen LogP contribution >= 0.6 is 0 Å². The van der Waals surface area contributed by atoms with E-state index < -0.39 is 6.04 Å². The summed E-state index contributed by atoms with van der Waals surface area (Å²) in [5, 5.41) is 0. The minimum absolute atomic E-state index is 0.0360. The van der Waals surface area contributed by atoms with Crippen LogP contribution in [-0.2, 0) is 11.2 Å². The SMILES string of the molecule is COc1ccn2ccc(CCN(C)C(=O)[C@H](C)N)c2c1. The van der Waals surface area contributed by atoms with Crippen LogP contribution in [0.4, 0.5) is 0 Å². The zero-order valence-electron chi connectivity index (χ0n) is 12.2. The van der Waals surface area contributed by atoms with Gasteiger partial charge in [0.15, 0.2) is 0 Å². The molecule has 2 aromatic rings. The number of aromatic nitrogens is 1. The van der Waals surface area contributed by atoms with Gasteiger partial charge in [0.25, 0.3) is 0 Å². The molecule has 0 aromatic carbocycles. The fourth-order valence-corrected chi connectivity index (χ4v) is 2.22. The Labute approximate surface area is 118 Å². The van der Waals surface area contributed by atoms with Crippen LogP contribution in [0.2, 0.25) is 0 Å². The summed E-state index contributed by atoms with van der Waals surface area (Å²) in [5.74, 6) is 0.795. The fraction of sp³-hybridized carbons (Fsp3) is 0.400. The Hall–Kier alpha value is -2.01. The number of nitrogens with zero attached hydrogens (tertiary/aromatic N) is 2. The monoisotopic (exact) mass is 275 g/mol. The van der Waals surface area contributed by atoms with Gasteiger partial charge in [-0.05, 0) is 31.0 Å². The zero-order chi connectivity index (χ0) is 14.7. The first kappa shape index (κ1) is 14.4. The van der Waals surface area contributed by atoms with E-state index in [2.05, 4.69) is 6.07 Å². The molecule has 0 saturated carbocycles. The number of ether oxygens (including phenoxy) is 1. The molecule has 5 nitrogen and oxygen atoms in total. The molecule has 0 aliphatic carbocycles. The van der Waals surface area contributed by atoms with Crippen LogP contribution in [-0.4, -0.2) is 42.0 Å². The zero-order valence-corrected chi connectivity index (χ0v) is 12.2. The Morgan fingerprint density at radius 3 is 2.80 bits per heavy atom. The number of fused-ring (bicyclic) bond motifs is 1. The van der Waals surface area contributed by atoms with Crippen molar-refractivity contribution in [3.8, 4) is 5.75 Å². The summed E-state index contributed by atoms with van der Waals surface area (Å²) in [5.41, 5.74) is 7.89. The molecule has 5 heteroatoms. The maximum absolute atomic E-state index is 11.7. The second-order valence-corrected chi connectivity index (χ2v) is 5.00. The van der Waals surface area contributed by atoms with Crippen molar-refractivity contribution in [3.63, 3.8) is 0 Å². The molecular weight excluding hydrogens is 254 g/mol. The predicted molar refractivity (Wildman–Crippen MR) is 78.9 cm³/mol. The van der Waals surface area contributed by atoms with Gasteiger partial charge in [-0.3, -0.25) is 4.79 Å². The summed E-state index contributed by atoms with van der Waals surface area (Å²) < 4.78 is 7.29. The first-order chi connectivity index (χ1) is 9.52. The molecule has 2 heterocycles. The normalized spacial score (nSPS) is 12.4. The van der Waals surface area contributed by atoms with Gasteiger partial charge >= 0.3 is 0 Å². The molecule has 1 amide bonds. The minimum atomic E-state index is -0.453. The predicted octanol–water partition coefficient (Wildman–Crippen LogP) is 1.30. The molecule has 0 aliphatic rings. The van der Waals surface area contributed by atoms with E-state index in [1.165, 1.54) is 5.56 Å². The van der Waals surface area contributed by atoms with Crippen molar-refractivity contribution in [2.75, 3.05) is 20.7 Å². The topological polar surface area (TPSA) is 60.0 Å². The summed E-state index contributed by atoms with van der Waals surface area (Å²) in [6.45, 7) is 2.36. The summed E-state index contributed by atoms with van der Waals surface area (Å²) in [4.78, 5) is 13.4. The highest BCUT2D eigenvalue weighted by Gasteiger charge is 2.13. The maximum Gasteiger partial charge on any atom is 0.238 e. The number of carbonyl (C=O) groups is 1. The summed E-state index contributed by atoms with van der Waals surface area (Å²) in [6.07, 6.45) is 4.77. The molecule has 0 aliphatic heterocycles. The largest absolute Gasteiger partial charge is 0.497 e. The molecule has 0 spiro atoms. The van der Waals surface area contributed by atoms with E-state index in [-0.39, 0.29) is 5.91 Å². The van der Waals surface area contributed by atoms with E-state index in [0.29, 0.717) is 6.54 Å². The number of pyridine rings is 1. The standard InChI is InChI=1S/C15H21N3O2/c1-11(16)15(19)17(2)7-4-12-5-8-18-9-6-13(20-3)10-14(12)18/h5-6,8-11H,4,7,16H2,1-3H3/t11-/m0/s1. The van der Waals surface area contributed by atoms with Crippen LogP contribution < -0.4 is 10.5 Å². The lowest BCUT2D eigenvalue weighted by molar-refractivity contribution is -0.130. The highest BCUT2D eigenvalue weighted by atomic mass is 16.5. The molecular formula is C15H21N3O2. The van der Waals surface area contributed by atoms with Crippen LogP contribution in [0.15, 0.2) is 30.6 Å². The number of nitrogens with two attached hydrogens (primary N) is 1. The Morgan fingerprint density at radius 2 is 2.15 bits per heavy atom. The van der Waals surface area contributed by atoms with Crippen LogP contribution in [0.1, 0.15) is 12.5 Å². The van der Waals surface area contributed by atoms with Crippen LogP contribution in [0.3, 0.4) is 0 Å². The fourth-order valence-electron chi connectivity index (χ4n) is 2.22. The maximum atomic E-state index is 11.7. The number of hydrogen-bond donors (Lipinski definition) is 1. The lowest BCUT2D eigenvalue weighted by Gasteiger charge is -2.19. The molecule has 0 radical (unpaired) electrons. The van der Waals surface area contributed by atoms with E-state index in [4.69, 9.17) is 10.5 Å². The van der Waals surface area contributed by atoms with Crippen LogP contribution in [0, 0.1) is 0 Å². The third kappa shape index (κ3) is 2.93. The van der Waals surface area contributed by atoms with Crippen molar-refractivity contribution in [1.29, 1.82) is 0 Å². The van der Waals surface area contributed by atoms with E-state index in [9.17, 15) is 4.79 Å². The smallest absolute Gasteiger partial charge is 0.238 e. The van der Waals surface area contributed by atoms with Gasteiger partial charge in [0, 0.05) is 32.1 Å². The van der Waals surface area contributed by atoms with Crippen molar-refractivity contribution in [1.82, 2.24) is 9.30 Å². The molecule has 20 heavy (non-hydrogen) atoms. The van der Waals surface area contributed by atoms with E-state index >= 15 is 0 Å². The van der Waals surface area contributed by atoms with Gasteiger partial charge in [0.05, 0.1) is 18.7 Å². The average molecular weight is 275 g/mol. The highest BCUT2D eigenvalue weighted by molar-refractivity contribution is 5.80. The number of rotatable bonds is 5. The van der Waals surface area contributed by atoms with Gasteiger partial charge in [-0.25, -0.2) is 0 Å². The van der Waals surface area contributed by atoms with Gasteiger partial charge < -0.3 is 19.8 Å². The van der Waals surface area contributed by atoms with Crippen LogP contribution in [0.25, 0.3) is 5.52 Å². The van der Waals surface area contributed by atoms with Crippen molar-refractivity contribution in [3.05, 3.63) is 36.2 Å². The molecule has 0 unspecified atom stereocenters. The van der Waals surface area contributed by atoms with Gasteiger partial charge in [-0.15, -0.1) is 0 Å². The molecule has 1 atom stereocenters. The summed E-state index contributed by atoms with van der Waals surface area (Å²) in [6, 6.07) is 5.54. The van der Waals surface area contributed by atoms with Crippen molar-refractivity contribution in [2.45, 2.75) is 19.4 Å². The highest BCUT2D eigenvalue weighted by Crippen LogP contribution is 2.19. The first-order valence-electron chi connectivity index (χ1n) is 6.67. The third-order valence-corrected chi connectivity index (χ3v) is 3.44. The molecule has 0 saturated heterocycles. The molecule has 2 N–H and O–H groups in total. The second kappa shape index (κ2) is 5.96. The number of hydrogen-bond acceptors (Lipinski definition) is 3. The first-order valence-corrected chi connectivity index (χ1v) is 6.67. The number of carbonyl (C=O) groups excluding carboxylic acids is 1. The van der Waals surface area contributed by atoms with Gasteiger partial charge in [-0.1, -0.05) is 0 Å². The Bertz CT molecular complexity index is 604. The number of methoxy groups -OCH3 is 1. The molecule has 108 valence electrons. The number of likely N-dealkylation sites (N-methyl/N-ethyl adjacent to an activating group) is 1. The lowest BCUT2D eigenvalue weighted by Crippen LogP contribution is -2.40. The lowest BCUT2D eigenvalue weighted by atomic mass is 10.2. The van der Waals surface area contributed by atoms with Crippen LogP contribution in [0.5, 0.6) is 5.75 Å². The molecule has 0 fully saturated rings. The van der Waals surface area contributed by atoms with E-state index in [1.807, 2.05) is 28.9 Å². The van der Waals surface area contributed by atoms with Gasteiger partial charge in [0.1, 0.15) is 5.75 Å². The summed E-state index contributed by atoms with van der Waals surface area (Å²) >= 11 is 0. The van der Waals surface area contributed by atoms with E-state index in [0.717, 1.165) is 17.7 Å². The Kier molecular flexibility index (Phi) is 4.29. The van der Waals surface area contributed by atoms with Gasteiger partial charge in [0.2, 0.25) is 5.91 Å². The second-order valence-electron chi connectivity index (χ2n) is 5.00. The Morgan fingerprint density at radius 1 is 1.45 bits per heavy atom. The van der Waals surface area contributed by atoms with Gasteiger partial charge in [-0.2, -0.15) is 0 Å². The minimum Gasteiger partial charge on any atom is -0.497 e. The van der Waals surface area contributed by atoms with E-state index in [1.54, 1.807) is 26.0 Å². The molecule has 0 bridgehead atoms. The quantitative estimate of drug-likeness (QED) is 0.894. The third-order valence-electron chi connectivity index (χ3n) is 3.44. The van der Waals surface area contributed by atoms with Crippen molar-refractivity contribution >= 4 is 11.4 Å². The summed E-state index contributed by atoms with van der Waals surface area (Å²) in [7, 11) is 3.44. The average Bonchev–Trinajstić information content (AvgIpc) is 2.85.